The van der Waals surface area contributed by atoms with Gasteiger partial charge in [-0.15, -0.1) is 0 Å². The highest BCUT2D eigenvalue weighted by Crippen LogP contribution is 2.15. The molecule has 7 nitrogen and oxygen atoms in total. The lowest BCUT2D eigenvalue weighted by molar-refractivity contribution is -0.384. The van der Waals surface area contributed by atoms with Gasteiger partial charge < -0.3 is 4.74 Å². The van der Waals surface area contributed by atoms with Crippen LogP contribution in [0.25, 0.3) is 0 Å². The molecule has 21 heavy (non-hydrogen) atoms. The van der Waals surface area contributed by atoms with Gasteiger partial charge in [-0.3, -0.25) is 20.3 Å². The van der Waals surface area contributed by atoms with Crippen molar-refractivity contribution in [3.8, 4) is 0 Å². The van der Waals surface area contributed by atoms with E-state index in [4.69, 9.17) is 4.74 Å². The van der Waals surface area contributed by atoms with E-state index >= 15 is 0 Å². The second-order valence-corrected chi connectivity index (χ2v) is 4.91. The van der Waals surface area contributed by atoms with Crippen LogP contribution < -0.4 is 5.43 Å². The molecular weight excluding hydrogens is 294 g/mol. The van der Waals surface area contributed by atoms with Gasteiger partial charge >= 0.3 is 5.97 Å². The summed E-state index contributed by atoms with van der Waals surface area (Å²) in [5.41, 5.74) is 4.13. The average molecular weight is 311 g/mol. The first-order valence-corrected chi connectivity index (χ1v) is 7.66. The number of benzene rings is 1. The molecule has 1 N–H and O–H groups in total. The van der Waals surface area contributed by atoms with Crippen molar-refractivity contribution in [2.45, 2.75) is 13.3 Å². The highest BCUT2D eigenvalue weighted by molar-refractivity contribution is 7.99. The van der Waals surface area contributed by atoms with E-state index in [-0.39, 0.29) is 18.3 Å². The Morgan fingerprint density at radius 2 is 2.10 bits per heavy atom. The van der Waals surface area contributed by atoms with Crippen LogP contribution in [0.3, 0.4) is 0 Å². The van der Waals surface area contributed by atoms with Crippen molar-refractivity contribution in [1.82, 2.24) is 0 Å². The van der Waals surface area contributed by atoms with Gasteiger partial charge in [0.05, 0.1) is 16.3 Å². The molecule has 0 bridgehead atoms. The van der Waals surface area contributed by atoms with Crippen LogP contribution >= 0.6 is 11.8 Å². The summed E-state index contributed by atoms with van der Waals surface area (Å²) in [5.74, 6) is 0.343. The summed E-state index contributed by atoms with van der Waals surface area (Å²) in [7, 11) is 0. The van der Waals surface area contributed by atoms with Gasteiger partial charge in [-0.1, -0.05) is 6.92 Å². The van der Waals surface area contributed by atoms with Gasteiger partial charge in [-0.2, -0.15) is 16.9 Å². The van der Waals surface area contributed by atoms with Crippen molar-refractivity contribution in [3.05, 3.63) is 34.4 Å². The number of non-ortho nitro benzene ring substituents is 1. The van der Waals surface area contributed by atoms with Crippen molar-refractivity contribution in [2.75, 3.05) is 24.0 Å². The van der Waals surface area contributed by atoms with Gasteiger partial charge in [-0.05, 0) is 18.4 Å². The number of esters is 1. The Bertz CT molecular complexity index is 517. The van der Waals surface area contributed by atoms with Crippen molar-refractivity contribution in [3.63, 3.8) is 0 Å². The van der Waals surface area contributed by atoms with Crippen LogP contribution in [0.4, 0.5) is 11.4 Å². The molecule has 0 amide bonds. The fraction of sp³-hybridized carbons (Fsp3) is 0.385. The summed E-state index contributed by atoms with van der Waals surface area (Å²) >= 11 is 1.56. The molecule has 0 aromatic heterocycles. The number of rotatable bonds is 8. The number of nitrogens with one attached hydrogen (secondary N) is 1. The molecule has 0 atom stereocenters. The van der Waals surface area contributed by atoms with E-state index in [9.17, 15) is 14.9 Å². The minimum atomic E-state index is -0.462. The summed E-state index contributed by atoms with van der Waals surface area (Å²) in [6, 6.07) is 5.92. The first kappa shape index (κ1) is 17.0. The molecule has 0 saturated carbocycles. The Hall–Kier alpha value is -2.09. The Balaban J connectivity index is 2.64. The molecule has 114 valence electrons. The number of nitro benzene ring substituents is 1. The summed E-state index contributed by atoms with van der Waals surface area (Å²) in [4.78, 5) is 21.2. The highest BCUT2D eigenvalue weighted by atomic mass is 32.2. The van der Waals surface area contributed by atoms with Crippen LogP contribution in [-0.2, 0) is 9.53 Å². The Labute approximate surface area is 126 Å². The number of hydrogen-bond acceptors (Lipinski definition) is 7. The molecule has 8 heteroatoms. The molecule has 0 radical (unpaired) electrons. The quantitative estimate of drug-likeness (QED) is 0.343. The van der Waals surface area contributed by atoms with Gasteiger partial charge in [0.15, 0.2) is 0 Å². The van der Waals surface area contributed by atoms with Crippen LogP contribution in [0, 0.1) is 10.1 Å². The van der Waals surface area contributed by atoms with Crippen molar-refractivity contribution in [1.29, 1.82) is 0 Å². The predicted octanol–water partition coefficient (Wildman–Crippen LogP) is 2.68. The summed E-state index contributed by atoms with van der Waals surface area (Å²) in [5, 5.41) is 14.7. The van der Waals surface area contributed by atoms with Gasteiger partial charge in [0.2, 0.25) is 0 Å². The number of nitro groups is 1. The van der Waals surface area contributed by atoms with Crippen LogP contribution in [0.5, 0.6) is 0 Å². The lowest BCUT2D eigenvalue weighted by atomic mass is 10.3. The zero-order valence-corrected chi connectivity index (χ0v) is 12.7. The van der Waals surface area contributed by atoms with Crippen molar-refractivity contribution >= 4 is 34.8 Å². The molecule has 1 aromatic carbocycles. The molecule has 0 unspecified atom stereocenters. The number of hydrogen-bond donors (Lipinski definition) is 1. The molecule has 0 fully saturated rings. The average Bonchev–Trinajstić information content (AvgIpc) is 2.50. The summed E-state index contributed by atoms with van der Waals surface area (Å²) in [6.07, 6.45) is 2.24. The second-order valence-electron chi connectivity index (χ2n) is 4.04. The Morgan fingerprint density at radius 3 is 2.62 bits per heavy atom. The molecule has 1 rings (SSSR count). The molecule has 0 saturated heterocycles. The van der Waals surface area contributed by atoms with Gasteiger partial charge in [0, 0.05) is 24.3 Å². The topological polar surface area (TPSA) is 93.8 Å². The third-order valence-corrected chi connectivity index (χ3v) is 3.04. The van der Waals surface area contributed by atoms with Gasteiger partial charge in [0.1, 0.15) is 6.61 Å². The SMILES string of the molecule is CCC(=O)OC/C(CSC)=N/Nc1ccc([N+](=O)[O-])cc1. The molecule has 0 aliphatic heterocycles. The lowest BCUT2D eigenvalue weighted by Crippen LogP contribution is -2.16. The zero-order chi connectivity index (χ0) is 15.7. The van der Waals surface area contributed by atoms with Gasteiger partial charge in [-0.25, -0.2) is 0 Å². The van der Waals surface area contributed by atoms with Crippen LogP contribution in [0.2, 0.25) is 0 Å². The first-order valence-electron chi connectivity index (χ1n) is 6.27. The third-order valence-electron chi connectivity index (χ3n) is 2.42. The number of thioether (sulfide) groups is 1. The minimum absolute atomic E-state index is 0.0192. The monoisotopic (exact) mass is 311 g/mol. The van der Waals surface area contributed by atoms with E-state index in [1.165, 1.54) is 12.1 Å². The van der Waals surface area contributed by atoms with Gasteiger partial charge in [0.25, 0.3) is 5.69 Å². The standard InChI is InChI=1S/C13H17N3O4S/c1-3-13(17)20-8-11(9-21-2)15-14-10-4-6-12(7-5-10)16(18)19/h4-7,14H,3,8-9H2,1-2H3/b15-11-. The molecule has 0 aliphatic carbocycles. The molecule has 0 heterocycles. The molecular formula is C13H17N3O4S. The van der Waals surface area contributed by atoms with E-state index in [0.29, 0.717) is 23.6 Å². The largest absolute Gasteiger partial charge is 0.459 e. The number of nitrogens with zero attached hydrogens (tertiary/aromatic N) is 2. The zero-order valence-electron chi connectivity index (χ0n) is 11.9. The Morgan fingerprint density at radius 1 is 1.43 bits per heavy atom. The van der Waals surface area contributed by atoms with E-state index in [1.54, 1.807) is 30.8 Å². The number of hydrazone groups is 1. The molecule has 0 aliphatic rings. The number of carbonyl (C=O) groups excluding carboxylic acids is 1. The van der Waals surface area contributed by atoms with Crippen LogP contribution in [-0.4, -0.2) is 35.2 Å². The number of carbonyl (C=O) groups is 1. The molecule has 0 spiro atoms. The fourth-order valence-corrected chi connectivity index (χ4v) is 1.82. The van der Waals surface area contributed by atoms with E-state index < -0.39 is 4.92 Å². The maximum atomic E-state index is 11.1. The first-order chi connectivity index (χ1) is 10.1. The Kier molecular flexibility index (Phi) is 7.24. The normalized spacial score (nSPS) is 11.0. The molecule has 1 aromatic rings. The van der Waals surface area contributed by atoms with E-state index in [1.807, 2.05) is 6.26 Å². The smallest absolute Gasteiger partial charge is 0.305 e. The van der Waals surface area contributed by atoms with Crippen LogP contribution in [0.15, 0.2) is 29.4 Å². The maximum absolute atomic E-state index is 11.1. The maximum Gasteiger partial charge on any atom is 0.305 e. The van der Waals surface area contributed by atoms with Crippen molar-refractivity contribution in [2.24, 2.45) is 5.10 Å². The second kappa shape index (κ2) is 8.96. The minimum Gasteiger partial charge on any atom is -0.459 e. The number of ether oxygens (including phenoxy) is 1. The summed E-state index contributed by atoms with van der Waals surface area (Å²) in [6.45, 7) is 1.86. The third kappa shape index (κ3) is 6.26. The van der Waals surface area contributed by atoms with E-state index in [0.717, 1.165) is 0 Å². The fourth-order valence-electron chi connectivity index (χ4n) is 1.34. The van der Waals surface area contributed by atoms with E-state index in [2.05, 4.69) is 10.5 Å². The van der Waals surface area contributed by atoms with Crippen LogP contribution in [0.1, 0.15) is 13.3 Å². The lowest BCUT2D eigenvalue weighted by Gasteiger charge is -2.07. The van der Waals surface area contributed by atoms with Crippen molar-refractivity contribution < 1.29 is 14.5 Å². The summed E-state index contributed by atoms with van der Waals surface area (Å²) < 4.78 is 5.03. The highest BCUT2D eigenvalue weighted by Gasteiger charge is 2.05. The predicted molar refractivity (Wildman–Crippen MR) is 83.8 cm³/mol. The number of anilines is 1.